The zero-order chi connectivity index (χ0) is 14.5. The Morgan fingerprint density at radius 1 is 1.45 bits per heavy atom. The van der Waals surface area contributed by atoms with Crippen LogP contribution < -0.4 is 5.32 Å². The third kappa shape index (κ3) is 3.37. The Hall–Kier alpha value is -1.42. The van der Waals surface area contributed by atoms with Gasteiger partial charge in [0.25, 0.3) is 0 Å². The largest absolute Gasteiger partial charge is 0.335 e. The number of carbonyl (C=O) groups is 1. The maximum absolute atomic E-state index is 14.0. The third-order valence-corrected chi connectivity index (χ3v) is 3.91. The van der Waals surface area contributed by atoms with Gasteiger partial charge in [-0.2, -0.15) is 0 Å². The predicted octanol–water partition coefficient (Wildman–Crippen LogP) is 2.73. The van der Waals surface area contributed by atoms with Crippen LogP contribution in [0, 0.1) is 11.7 Å². The molecule has 1 N–H and O–H groups in total. The van der Waals surface area contributed by atoms with Crippen LogP contribution >= 0.6 is 0 Å². The van der Waals surface area contributed by atoms with Gasteiger partial charge in [0.1, 0.15) is 5.82 Å². The normalized spacial score (nSPS) is 22.2. The summed E-state index contributed by atoms with van der Waals surface area (Å²) in [6.07, 6.45) is 2.20. The number of halogens is 1. The molecule has 0 radical (unpaired) electrons. The summed E-state index contributed by atoms with van der Waals surface area (Å²) in [4.78, 5) is 14.2. The molecule has 0 bridgehead atoms. The number of nitrogens with one attached hydrogen (secondary N) is 1. The van der Waals surface area contributed by atoms with Crippen molar-refractivity contribution in [1.82, 2.24) is 10.2 Å². The lowest BCUT2D eigenvalue weighted by molar-refractivity contribution is -0.132. The molecule has 0 spiro atoms. The lowest BCUT2D eigenvalue weighted by Crippen LogP contribution is -2.31. The van der Waals surface area contributed by atoms with Gasteiger partial charge in [-0.25, -0.2) is 4.39 Å². The first-order valence-electron chi connectivity index (χ1n) is 7.32. The average molecular weight is 278 g/mol. The zero-order valence-electron chi connectivity index (χ0n) is 12.2. The molecule has 2 rings (SSSR count). The van der Waals surface area contributed by atoms with E-state index in [-0.39, 0.29) is 17.8 Å². The number of hydrogen-bond donors (Lipinski definition) is 1. The Kier molecular flexibility index (Phi) is 5.12. The molecule has 1 amide bonds. The molecule has 0 aliphatic carbocycles. The summed E-state index contributed by atoms with van der Waals surface area (Å²) in [6.45, 7) is 3.69. The SMILES string of the molecule is CNCCCC(=O)N1CC(C)CC1c1ccccc1F. The van der Waals surface area contributed by atoms with Gasteiger partial charge in [0.05, 0.1) is 6.04 Å². The van der Waals surface area contributed by atoms with Gasteiger partial charge in [0.15, 0.2) is 0 Å². The van der Waals surface area contributed by atoms with Crippen molar-refractivity contribution in [3.05, 3.63) is 35.6 Å². The van der Waals surface area contributed by atoms with Gasteiger partial charge in [0, 0.05) is 18.5 Å². The molecule has 110 valence electrons. The van der Waals surface area contributed by atoms with Crippen LogP contribution in [0.25, 0.3) is 0 Å². The molecule has 20 heavy (non-hydrogen) atoms. The number of rotatable bonds is 5. The van der Waals surface area contributed by atoms with Crippen LogP contribution in [-0.2, 0) is 4.79 Å². The highest BCUT2D eigenvalue weighted by Gasteiger charge is 2.34. The topological polar surface area (TPSA) is 32.3 Å². The van der Waals surface area contributed by atoms with E-state index in [9.17, 15) is 9.18 Å². The first-order chi connectivity index (χ1) is 9.63. The summed E-state index contributed by atoms with van der Waals surface area (Å²) in [5.74, 6) is 0.352. The van der Waals surface area contributed by atoms with Gasteiger partial charge in [-0.3, -0.25) is 4.79 Å². The third-order valence-electron chi connectivity index (χ3n) is 3.91. The number of amides is 1. The maximum Gasteiger partial charge on any atom is 0.223 e. The Bertz CT molecular complexity index is 464. The lowest BCUT2D eigenvalue weighted by Gasteiger charge is -2.25. The minimum absolute atomic E-state index is 0.103. The molecule has 1 aromatic rings. The Morgan fingerprint density at radius 2 is 2.20 bits per heavy atom. The Morgan fingerprint density at radius 3 is 2.90 bits per heavy atom. The highest BCUT2D eigenvalue weighted by atomic mass is 19.1. The van der Waals surface area contributed by atoms with E-state index in [2.05, 4.69) is 12.2 Å². The van der Waals surface area contributed by atoms with E-state index >= 15 is 0 Å². The first kappa shape index (κ1) is 15.0. The molecular formula is C16H23FN2O. The molecule has 0 saturated carbocycles. The van der Waals surface area contributed by atoms with Crippen LogP contribution in [0.15, 0.2) is 24.3 Å². The van der Waals surface area contributed by atoms with Crippen molar-refractivity contribution in [1.29, 1.82) is 0 Å². The molecule has 0 aromatic heterocycles. The summed E-state index contributed by atoms with van der Waals surface area (Å²) < 4.78 is 14.0. The van der Waals surface area contributed by atoms with Gasteiger partial charge < -0.3 is 10.2 Å². The first-order valence-corrected chi connectivity index (χ1v) is 7.32. The molecular weight excluding hydrogens is 255 g/mol. The quantitative estimate of drug-likeness (QED) is 0.840. The van der Waals surface area contributed by atoms with E-state index in [0.29, 0.717) is 17.9 Å². The van der Waals surface area contributed by atoms with Crippen LogP contribution in [0.5, 0.6) is 0 Å². The number of nitrogens with zero attached hydrogens (tertiary/aromatic N) is 1. The molecule has 1 heterocycles. The summed E-state index contributed by atoms with van der Waals surface area (Å²) in [5.41, 5.74) is 0.652. The van der Waals surface area contributed by atoms with Crippen molar-refractivity contribution in [3.63, 3.8) is 0 Å². The number of carbonyl (C=O) groups excluding carboxylic acids is 1. The fourth-order valence-corrected chi connectivity index (χ4v) is 2.92. The van der Waals surface area contributed by atoms with E-state index in [1.165, 1.54) is 6.07 Å². The van der Waals surface area contributed by atoms with Crippen molar-refractivity contribution in [3.8, 4) is 0 Å². The fraction of sp³-hybridized carbons (Fsp3) is 0.562. The van der Waals surface area contributed by atoms with Crippen molar-refractivity contribution in [2.75, 3.05) is 20.1 Å². The van der Waals surface area contributed by atoms with Crippen molar-refractivity contribution in [2.45, 2.75) is 32.2 Å². The second kappa shape index (κ2) is 6.84. The average Bonchev–Trinajstić information content (AvgIpc) is 2.81. The second-order valence-electron chi connectivity index (χ2n) is 5.63. The zero-order valence-corrected chi connectivity index (χ0v) is 12.2. The highest BCUT2D eigenvalue weighted by Crippen LogP contribution is 2.36. The van der Waals surface area contributed by atoms with Gasteiger partial charge in [-0.15, -0.1) is 0 Å². The maximum atomic E-state index is 14.0. The molecule has 2 unspecified atom stereocenters. The van der Waals surface area contributed by atoms with Gasteiger partial charge in [-0.1, -0.05) is 25.1 Å². The minimum Gasteiger partial charge on any atom is -0.335 e. The molecule has 2 atom stereocenters. The molecule has 1 saturated heterocycles. The molecule has 1 fully saturated rings. The molecule has 3 nitrogen and oxygen atoms in total. The van der Waals surface area contributed by atoms with E-state index in [4.69, 9.17) is 0 Å². The van der Waals surface area contributed by atoms with E-state index in [1.807, 2.05) is 18.0 Å². The van der Waals surface area contributed by atoms with Crippen molar-refractivity contribution < 1.29 is 9.18 Å². The standard InChI is InChI=1S/C16H23FN2O/c1-12-10-15(13-6-3-4-7-14(13)17)19(11-12)16(20)8-5-9-18-2/h3-4,6-7,12,15,18H,5,8-11H2,1-2H3. The number of hydrogen-bond acceptors (Lipinski definition) is 2. The van der Waals surface area contributed by atoms with Crippen molar-refractivity contribution in [2.24, 2.45) is 5.92 Å². The number of likely N-dealkylation sites (tertiary alicyclic amines) is 1. The summed E-state index contributed by atoms with van der Waals surface area (Å²) in [6, 6.07) is 6.70. The van der Waals surface area contributed by atoms with E-state index in [0.717, 1.165) is 25.9 Å². The van der Waals surface area contributed by atoms with Gasteiger partial charge in [-0.05, 0) is 38.4 Å². The van der Waals surface area contributed by atoms with Gasteiger partial charge in [0.2, 0.25) is 5.91 Å². The molecule has 1 aromatic carbocycles. The van der Waals surface area contributed by atoms with Crippen LogP contribution in [0.3, 0.4) is 0 Å². The number of benzene rings is 1. The Labute approximate surface area is 120 Å². The lowest BCUT2D eigenvalue weighted by atomic mass is 10.0. The highest BCUT2D eigenvalue weighted by molar-refractivity contribution is 5.77. The fourth-order valence-electron chi connectivity index (χ4n) is 2.92. The molecule has 1 aliphatic heterocycles. The van der Waals surface area contributed by atoms with Crippen LogP contribution in [0.1, 0.15) is 37.8 Å². The summed E-state index contributed by atoms with van der Waals surface area (Å²) >= 11 is 0. The van der Waals surface area contributed by atoms with Crippen LogP contribution in [-0.4, -0.2) is 30.9 Å². The predicted molar refractivity (Wildman–Crippen MR) is 77.8 cm³/mol. The summed E-state index contributed by atoms with van der Waals surface area (Å²) in [5, 5.41) is 3.04. The second-order valence-corrected chi connectivity index (χ2v) is 5.63. The van der Waals surface area contributed by atoms with E-state index in [1.54, 1.807) is 12.1 Å². The monoisotopic (exact) mass is 278 g/mol. The Balaban J connectivity index is 2.10. The summed E-state index contributed by atoms with van der Waals surface area (Å²) in [7, 11) is 1.88. The van der Waals surface area contributed by atoms with Crippen LogP contribution in [0.4, 0.5) is 4.39 Å². The van der Waals surface area contributed by atoms with E-state index < -0.39 is 0 Å². The molecule has 4 heteroatoms. The molecule has 1 aliphatic rings. The smallest absolute Gasteiger partial charge is 0.223 e. The minimum atomic E-state index is -0.209. The van der Waals surface area contributed by atoms with Crippen molar-refractivity contribution >= 4 is 5.91 Å². The van der Waals surface area contributed by atoms with Crippen LogP contribution in [0.2, 0.25) is 0 Å². The van der Waals surface area contributed by atoms with Gasteiger partial charge >= 0.3 is 0 Å².